The Morgan fingerprint density at radius 1 is 1.25 bits per heavy atom. The van der Waals surface area contributed by atoms with Crippen LogP contribution >= 0.6 is 0 Å². The number of aldehydes is 2. The van der Waals surface area contributed by atoms with Gasteiger partial charge in [-0.15, -0.1) is 0 Å². The van der Waals surface area contributed by atoms with E-state index in [9.17, 15) is 4.79 Å². The molecule has 0 bridgehead atoms. The molecular formula is C6H12O2. The molecule has 0 radical (unpaired) electrons. The minimum atomic E-state index is 0.204. The SMILES string of the molecule is CC(C)C=O.CC=O. The summed E-state index contributed by atoms with van der Waals surface area (Å²) in [6.07, 6.45) is 1.67. The first-order valence-electron chi connectivity index (χ1n) is 2.54. The molecule has 0 aromatic rings. The normalized spacial score (nSPS) is 7.00. The highest BCUT2D eigenvalue weighted by Crippen LogP contribution is 1.78. The third kappa shape index (κ3) is 56.0. The van der Waals surface area contributed by atoms with Gasteiger partial charge in [-0.05, 0) is 6.92 Å². The number of carbonyl (C=O) groups is 2. The van der Waals surface area contributed by atoms with E-state index in [0.29, 0.717) is 0 Å². The van der Waals surface area contributed by atoms with Crippen molar-refractivity contribution in [2.24, 2.45) is 5.92 Å². The number of hydrogen-bond acceptors (Lipinski definition) is 2. The van der Waals surface area contributed by atoms with Crippen molar-refractivity contribution < 1.29 is 9.59 Å². The Balaban J connectivity index is 0. The standard InChI is InChI=1S/C4H8O.C2H4O/c1-4(2)3-5;1-2-3/h3-4H,1-2H3;2H,1H3. The summed E-state index contributed by atoms with van der Waals surface area (Å²) < 4.78 is 0. The smallest absolute Gasteiger partial charge is 0.122 e. The van der Waals surface area contributed by atoms with Gasteiger partial charge < -0.3 is 9.59 Å². The van der Waals surface area contributed by atoms with E-state index in [1.54, 1.807) is 0 Å². The predicted octanol–water partition coefficient (Wildman–Crippen LogP) is 1.05. The Kier molecular flexibility index (Phi) is 12.4. The summed E-state index contributed by atoms with van der Waals surface area (Å²) >= 11 is 0. The lowest BCUT2D eigenvalue weighted by Gasteiger charge is -1.78. The Morgan fingerprint density at radius 2 is 1.38 bits per heavy atom. The fraction of sp³-hybridized carbons (Fsp3) is 0.667. The molecule has 0 aliphatic carbocycles. The van der Waals surface area contributed by atoms with Gasteiger partial charge in [-0.3, -0.25) is 0 Å². The van der Waals surface area contributed by atoms with Crippen LogP contribution in [0.4, 0.5) is 0 Å². The Morgan fingerprint density at radius 3 is 1.38 bits per heavy atom. The zero-order chi connectivity index (χ0) is 6.99. The number of hydrogen-bond donors (Lipinski definition) is 0. The quantitative estimate of drug-likeness (QED) is 0.480. The summed E-state index contributed by atoms with van der Waals surface area (Å²) in [5.41, 5.74) is 0. The molecule has 0 aliphatic heterocycles. The van der Waals surface area contributed by atoms with Crippen molar-refractivity contribution in [3.63, 3.8) is 0 Å². The molecule has 0 heterocycles. The fourth-order valence-electron chi connectivity index (χ4n) is 0. The summed E-state index contributed by atoms with van der Waals surface area (Å²) in [6.45, 7) is 5.15. The van der Waals surface area contributed by atoms with Gasteiger partial charge in [-0.25, -0.2) is 0 Å². The van der Waals surface area contributed by atoms with E-state index in [-0.39, 0.29) is 5.92 Å². The zero-order valence-corrected chi connectivity index (χ0v) is 5.55. The van der Waals surface area contributed by atoms with Gasteiger partial charge in [0, 0.05) is 5.92 Å². The highest BCUT2D eigenvalue weighted by molar-refractivity contribution is 5.51. The van der Waals surface area contributed by atoms with Crippen LogP contribution in [0.3, 0.4) is 0 Å². The van der Waals surface area contributed by atoms with Gasteiger partial charge in [0.1, 0.15) is 12.6 Å². The molecule has 0 N–H and O–H groups in total. The molecule has 2 nitrogen and oxygen atoms in total. The first-order valence-corrected chi connectivity index (χ1v) is 2.54. The van der Waals surface area contributed by atoms with Gasteiger partial charge in [0.25, 0.3) is 0 Å². The molecule has 8 heavy (non-hydrogen) atoms. The van der Waals surface area contributed by atoms with Crippen LogP contribution in [-0.2, 0) is 9.59 Å². The molecule has 0 rings (SSSR count). The van der Waals surface area contributed by atoms with Crippen molar-refractivity contribution in [3.05, 3.63) is 0 Å². The van der Waals surface area contributed by atoms with E-state index in [1.807, 2.05) is 13.8 Å². The third-order valence-electron chi connectivity index (χ3n) is 0.272. The molecule has 0 saturated heterocycles. The summed E-state index contributed by atoms with van der Waals surface area (Å²) in [5.74, 6) is 0.204. The lowest BCUT2D eigenvalue weighted by molar-refractivity contribution is -0.110. The highest BCUT2D eigenvalue weighted by Gasteiger charge is 1.79. The number of rotatable bonds is 1. The topological polar surface area (TPSA) is 34.1 Å². The van der Waals surface area contributed by atoms with E-state index in [2.05, 4.69) is 0 Å². The Hall–Kier alpha value is -0.660. The average molecular weight is 116 g/mol. The molecule has 0 amide bonds. The van der Waals surface area contributed by atoms with E-state index in [0.717, 1.165) is 12.6 Å². The van der Waals surface area contributed by atoms with Crippen molar-refractivity contribution >= 4 is 12.6 Å². The zero-order valence-electron chi connectivity index (χ0n) is 5.55. The van der Waals surface area contributed by atoms with Crippen LogP contribution in [-0.4, -0.2) is 12.6 Å². The largest absolute Gasteiger partial charge is 0.304 e. The third-order valence-corrected chi connectivity index (χ3v) is 0.272. The lowest BCUT2D eigenvalue weighted by Crippen LogP contribution is -1.82. The second-order valence-electron chi connectivity index (χ2n) is 1.62. The van der Waals surface area contributed by atoms with E-state index < -0.39 is 0 Å². The van der Waals surface area contributed by atoms with Gasteiger partial charge >= 0.3 is 0 Å². The molecule has 0 aliphatic rings. The van der Waals surface area contributed by atoms with Gasteiger partial charge in [0.2, 0.25) is 0 Å². The molecule has 0 fully saturated rings. The van der Waals surface area contributed by atoms with Gasteiger partial charge in [0.05, 0.1) is 0 Å². The van der Waals surface area contributed by atoms with Crippen LogP contribution in [0.5, 0.6) is 0 Å². The van der Waals surface area contributed by atoms with Crippen molar-refractivity contribution in [2.75, 3.05) is 0 Å². The van der Waals surface area contributed by atoms with Crippen LogP contribution in [0.25, 0.3) is 0 Å². The first-order chi connectivity index (χ1) is 3.68. The average Bonchev–Trinajstić information content (AvgIpc) is 1.69. The highest BCUT2D eigenvalue weighted by atomic mass is 16.1. The molecule has 0 saturated carbocycles. The van der Waals surface area contributed by atoms with Crippen LogP contribution in [0.15, 0.2) is 0 Å². The first kappa shape index (κ1) is 10.3. The maximum atomic E-state index is 9.50. The van der Waals surface area contributed by atoms with Gasteiger partial charge in [-0.1, -0.05) is 13.8 Å². The maximum absolute atomic E-state index is 9.50. The van der Waals surface area contributed by atoms with E-state index in [1.165, 1.54) is 6.92 Å². The summed E-state index contributed by atoms with van der Waals surface area (Å²) in [4.78, 5) is 18.3. The lowest BCUT2D eigenvalue weighted by atomic mass is 10.3. The van der Waals surface area contributed by atoms with Crippen molar-refractivity contribution in [1.82, 2.24) is 0 Å². The van der Waals surface area contributed by atoms with Crippen molar-refractivity contribution in [3.8, 4) is 0 Å². The monoisotopic (exact) mass is 116 g/mol. The second-order valence-corrected chi connectivity index (χ2v) is 1.62. The van der Waals surface area contributed by atoms with Crippen molar-refractivity contribution in [2.45, 2.75) is 20.8 Å². The van der Waals surface area contributed by atoms with Crippen LogP contribution in [0.2, 0.25) is 0 Å². The van der Waals surface area contributed by atoms with Crippen molar-refractivity contribution in [1.29, 1.82) is 0 Å². The molecule has 0 aromatic carbocycles. The summed E-state index contributed by atoms with van der Waals surface area (Å²) in [7, 11) is 0. The minimum absolute atomic E-state index is 0.204. The van der Waals surface area contributed by atoms with Gasteiger partial charge in [0.15, 0.2) is 0 Å². The van der Waals surface area contributed by atoms with Gasteiger partial charge in [-0.2, -0.15) is 0 Å². The molecule has 0 spiro atoms. The van der Waals surface area contributed by atoms with Crippen LogP contribution in [0, 0.1) is 5.92 Å². The minimum Gasteiger partial charge on any atom is -0.304 e. The Bertz CT molecular complexity index is 57.5. The molecule has 2 heteroatoms. The summed E-state index contributed by atoms with van der Waals surface area (Å²) in [5, 5.41) is 0. The molecule has 0 unspecified atom stereocenters. The second kappa shape index (κ2) is 9.60. The molecule has 0 aromatic heterocycles. The van der Waals surface area contributed by atoms with E-state index >= 15 is 0 Å². The van der Waals surface area contributed by atoms with E-state index in [4.69, 9.17) is 4.79 Å². The predicted molar refractivity (Wildman–Crippen MR) is 32.6 cm³/mol. The summed E-state index contributed by atoms with van der Waals surface area (Å²) in [6, 6.07) is 0. The number of carbonyl (C=O) groups excluding carboxylic acids is 2. The molecule has 48 valence electrons. The van der Waals surface area contributed by atoms with Crippen LogP contribution < -0.4 is 0 Å². The maximum Gasteiger partial charge on any atom is 0.122 e. The Labute approximate surface area is 49.9 Å². The molecule has 0 atom stereocenters. The van der Waals surface area contributed by atoms with Crippen LogP contribution in [0.1, 0.15) is 20.8 Å². The fourth-order valence-corrected chi connectivity index (χ4v) is 0. The molecular weight excluding hydrogens is 104 g/mol.